The van der Waals surface area contributed by atoms with E-state index in [0.717, 1.165) is 0 Å². The van der Waals surface area contributed by atoms with Gasteiger partial charge in [-0.1, -0.05) is 0 Å². The maximum absolute atomic E-state index is 13.2. The van der Waals surface area contributed by atoms with E-state index in [2.05, 4.69) is 0 Å². The highest BCUT2D eigenvalue weighted by molar-refractivity contribution is 5.69. The lowest BCUT2D eigenvalue weighted by molar-refractivity contribution is 0.00771. The Bertz CT molecular complexity index is 262. The Morgan fingerprint density at radius 2 is 2.12 bits per heavy atom. The van der Waals surface area contributed by atoms with Gasteiger partial charge in [-0.05, 0) is 27.7 Å². The molecule has 1 rings (SSSR count). The smallest absolute Gasteiger partial charge is 0.410 e. The van der Waals surface area contributed by atoms with E-state index < -0.39 is 30.0 Å². The number of carbonyl (C=O) groups excluding carboxylic acids is 1. The van der Waals surface area contributed by atoms with Crippen molar-refractivity contribution in [3.63, 3.8) is 0 Å². The van der Waals surface area contributed by atoms with Crippen molar-refractivity contribution in [2.75, 3.05) is 6.54 Å². The van der Waals surface area contributed by atoms with Crippen LogP contribution in [0, 0.1) is 0 Å². The van der Waals surface area contributed by atoms with Crippen molar-refractivity contribution in [1.82, 2.24) is 4.90 Å². The number of ether oxygens (including phenoxy) is 1. The lowest BCUT2D eigenvalue weighted by Crippen LogP contribution is -2.44. The summed E-state index contributed by atoms with van der Waals surface area (Å²) in [5.74, 6) is 0. The SMILES string of the molecule is C[C@@H](O)[C@H]1C[C@@H](F)CN1C(=O)OC(C)(C)C. The van der Waals surface area contributed by atoms with Gasteiger partial charge in [-0.25, -0.2) is 9.18 Å². The average molecular weight is 233 g/mol. The van der Waals surface area contributed by atoms with Crippen LogP contribution in [0.1, 0.15) is 34.1 Å². The summed E-state index contributed by atoms with van der Waals surface area (Å²) in [5.41, 5.74) is -0.602. The number of amides is 1. The highest BCUT2D eigenvalue weighted by Gasteiger charge is 2.39. The molecule has 0 radical (unpaired) electrons. The summed E-state index contributed by atoms with van der Waals surface area (Å²) in [6.07, 6.45) is -2.20. The Morgan fingerprint density at radius 1 is 1.56 bits per heavy atom. The van der Waals surface area contributed by atoms with Gasteiger partial charge in [-0.3, -0.25) is 4.90 Å². The van der Waals surface area contributed by atoms with Gasteiger partial charge in [0, 0.05) is 6.42 Å². The van der Waals surface area contributed by atoms with Gasteiger partial charge in [-0.15, -0.1) is 0 Å². The minimum absolute atomic E-state index is 0.00444. The van der Waals surface area contributed by atoms with E-state index in [1.807, 2.05) is 0 Å². The zero-order valence-electron chi connectivity index (χ0n) is 10.2. The van der Waals surface area contributed by atoms with Crippen molar-refractivity contribution in [3.05, 3.63) is 0 Å². The molecule has 1 N–H and O–H groups in total. The molecule has 94 valence electrons. The third kappa shape index (κ3) is 3.33. The number of hydrogen-bond donors (Lipinski definition) is 1. The number of aliphatic hydroxyl groups is 1. The first-order valence-corrected chi connectivity index (χ1v) is 5.52. The average Bonchev–Trinajstić information content (AvgIpc) is 2.44. The molecule has 0 bridgehead atoms. The van der Waals surface area contributed by atoms with Crippen molar-refractivity contribution in [2.24, 2.45) is 0 Å². The molecule has 0 aromatic heterocycles. The summed E-state index contributed by atoms with van der Waals surface area (Å²) in [6, 6.07) is -0.482. The number of likely N-dealkylation sites (tertiary alicyclic amines) is 1. The summed E-state index contributed by atoms with van der Waals surface area (Å²) in [6.45, 7) is 6.83. The first-order valence-electron chi connectivity index (χ1n) is 5.52. The molecule has 0 saturated carbocycles. The first-order chi connectivity index (χ1) is 7.20. The Labute approximate surface area is 95.4 Å². The topological polar surface area (TPSA) is 49.8 Å². The Kier molecular flexibility index (Phi) is 3.78. The van der Waals surface area contributed by atoms with E-state index in [1.54, 1.807) is 27.7 Å². The molecule has 0 aromatic rings. The third-order valence-corrected chi connectivity index (χ3v) is 2.48. The zero-order chi connectivity index (χ0) is 12.5. The van der Waals surface area contributed by atoms with E-state index in [1.165, 1.54) is 4.90 Å². The van der Waals surface area contributed by atoms with E-state index in [9.17, 15) is 14.3 Å². The van der Waals surface area contributed by atoms with Crippen molar-refractivity contribution >= 4 is 6.09 Å². The third-order valence-electron chi connectivity index (χ3n) is 2.48. The molecule has 0 spiro atoms. The highest BCUT2D eigenvalue weighted by atomic mass is 19.1. The Morgan fingerprint density at radius 3 is 2.56 bits per heavy atom. The molecule has 16 heavy (non-hydrogen) atoms. The summed E-state index contributed by atoms with van der Waals surface area (Å²) in [7, 11) is 0. The number of alkyl halides is 1. The largest absolute Gasteiger partial charge is 0.444 e. The van der Waals surface area contributed by atoms with Crippen LogP contribution in [0.4, 0.5) is 9.18 Å². The first kappa shape index (κ1) is 13.2. The number of carbonyl (C=O) groups is 1. The molecule has 3 atom stereocenters. The van der Waals surface area contributed by atoms with Gasteiger partial charge >= 0.3 is 6.09 Å². The van der Waals surface area contributed by atoms with Gasteiger partial charge in [0.25, 0.3) is 0 Å². The number of nitrogens with zero attached hydrogens (tertiary/aromatic N) is 1. The summed E-state index contributed by atoms with van der Waals surface area (Å²) < 4.78 is 18.4. The maximum atomic E-state index is 13.2. The lowest BCUT2D eigenvalue weighted by Gasteiger charge is -2.29. The van der Waals surface area contributed by atoms with E-state index in [4.69, 9.17) is 4.74 Å². The molecule has 0 unspecified atom stereocenters. The van der Waals surface area contributed by atoms with Gasteiger partial charge in [0.05, 0.1) is 18.7 Å². The number of rotatable bonds is 1. The van der Waals surface area contributed by atoms with Gasteiger partial charge in [0.2, 0.25) is 0 Å². The summed E-state index contributed by atoms with van der Waals surface area (Å²) >= 11 is 0. The highest BCUT2D eigenvalue weighted by Crippen LogP contribution is 2.25. The van der Waals surface area contributed by atoms with Crippen molar-refractivity contribution < 1.29 is 19.0 Å². The van der Waals surface area contributed by atoms with Crippen molar-refractivity contribution in [2.45, 2.75) is 58.0 Å². The number of halogens is 1. The van der Waals surface area contributed by atoms with Crippen LogP contribution in [-0.2, 0) is 4.74 Å². The lowest BCUT2D eigenvalue weighted by atomic mass is 10.1. The van der Waals surface area contributed by atoms with Crippen LogP contribution in [0.15, 0.2) is 0 Å². The number of aliphatic hydroxyl groups excluding tert-OH is 1. The molecule has 4 nitrogen and oxygen atoms in total. The van der Waals surface area contributed by atoms with Gasteiger partial charge in [0.15, 0.2) is 0 Å². The van der Waals surface area contributed by atoms with E-state index in [-0.39, 0.29) is 13.0 Å². The monoisotopic (exact) mass is 233 g/mol. The normalized spacial score (nSPS) is 28.0. The van der Waals surface area contributed by atoms with Crippen LogP contribution in [0.2, 0.25) is 0 Å². The molecule has 1 amide bonds. The molecule has 5 heteroatoms. The molecule has 1 aliphatic rings. The standard InChI is InChI=1S/C11H20FNO3/c1-7(14)9-5-8(12)6-13(9)10(15)16-11(2,3)4/h7-9,14H,5-6H2,1-4H3/t7-,8-,9-/m1/s1. The molecular formula is C11H20FNO3. The van der Waals surface area contributed by atoms with Gasteiger partial charge < -0.3 is 9.84 Å². The second-order valence-corrected chi connectivity index (χ2v) is 5.27. The summed E-state index contributed by atoms with van der Waals surface area (Å²) in [5, 5.41) is 9.47. The van der Waals surface area contributed by atoms with Crippen molar-refractivity contribution in [1.29, 1.82) is 0 Å². The second-order valence-electron chi connectivity index (χ2n) is 5.27. The molecule has 1 aliphatic heterocycles. The Hall–Kier alpha value is -0.840. The predicted molar refractivity (Wildman–Crippen MR) is 57.9 cm³/mol. The van der Waals surface area contributed by atoms with E-state index in [0.29, 0.717) is 0 Å². The van der Waals surface area contributed by atoms with E-state index >= 15 is 0 Å². The van der Waals surface area contributed by atoms with Crippen LogP contribution in [0.5, 0.6) is 0 Å². The van der Waals surface area contributed by atoms with Crippen LogP contribution >= 0.6 is 0 Å². The molecular weight excluding hydrogens is 213 g/mol. The fourth-order valence-corrected chi connectivity index (χ4v) is 1.80. The minimum atomic E-state index is -1.08. The molecule has 0 aromatic carbocycles. The molecule has 0 aliphatic carbocycles. The molecule has 1 fully saturated rings. The van der Waals surface area contributed by atoms with Crippen LogP contribution in [0.3, 0.4) is 0 Å². The predicted octanol–water partition coefficient (Wildman–Crippen LogP) is 1.71. The Balaban J connectivity index is 2.67. The molecule has 1 heterocycles. The minimum Gasteiger partial charge on any atom is -0.444 e. The fraction of sp³-hybridized carbons (Fsp3) is 0.909. The van der Waals surface area contributed by atoms with Gasteiger partial charge in [-0.2, -0.15) is 0 Å². The molecule has 1 saturated heterocycles. The van der Waals surface area contributed by atoms with Crippen LogP contribution < -0.4 is 0 Å². The fourth-order valence-electron chi connectivity index (χ4n) is 1.80. The van der Waals surface area contributed by atoms with Crippen LogP contribution in [0.25, 0.3) is 0 Å². The second kappa shape index (κ2) is 4.57. The van der Waals surface area contributed by atoms with Crippen LogP contribution in [-0.4, -0.2) is 46.6 Å². The quantitative estimate of drug-likeness (QED) is 0.750. The maximum Gasteiger partial charge on any atom is 0.410 e. The van der Waals surface area contributed by atoms with Crippen molar-refractivity contribution in [3.8, 4) is 0 Å². The number of hydrogen-bond acceptors (Lipinski definition) is 3. The zero-order valence-corrected chi connectivity index (χ0v) is 10.2. The van der Waals surface area contributed by atoms with Gasteiger partial charge in [0.1, 0.15) is 11.8 Å². The summed E-state index contributed by atoms with van der Waals surface area (Å²) in [4.78, 5) is 13.0.